The van der Waals surface area contributed by atoms with Crippen LogP contribution < -0.4 is 5.73 Å². The zero-order valence-electron chi connectivity index (χ0n) is 8.97. The molecule has 0 saturated heterocycles. The molecular weight excluding hydrogens is 200 g/mol. The zero-order chi connectivity index (χ0) is 11.5. The van der Waals surface area contributed by atoms with Crippen LogP contribution in [0.25, 0.3) is 6.08 Å². The number of nitrogens with two attached hydrogens (primary N) is 1. The summed E-state index contributed by atoms with van der Waals surface area (Å²) in [5.41, 5.74) is 7.58. The molecule has 1 aromatic carbocycles. The van der Waals surface area contributed by atoms with Gasteiger partial charge in [-0.15, -0.1) is 6.58 Å². The third kappa shape index (κ3) is 1.66. The average Bonchev–Trinajstić information content (AvgIpc) is 2.36. The molecule has 0 saturated carbocycles. The highest BCUT2D eigenvalue weighted by Crippen LogP contribution is 2.30. The van der Waals surface area contributed by atoms with Gasteiger partial charge in [0, 0.05) is 6.20 Å². The van der Waals surface area contributed by atoms with E-state index in [2.05, 4.69) is 6.58 Å². The molecule has 1 aliphatic heterocycles. The summed E-state index contributed by atoms with van der Waals surface area (Å²) < 4.78 is 0. The predicted molar refractivity (Wildman–Crippen MR) is 64.3 cm³/mol. The Bertz CT molecular complexity index is 451. The Morgan fingerprint density at radius 3 is 2.94 bits per heavy atom. The molecule has 1 heterocycles. The molecule has 1 atom stereocenters. The van der Waals surface area contributed by atoms with Crippen molar-refractivity contribution in [2.45, 2.75) is 6.04 Å². The quantitative estimate of drug-likeness (QED) is 0.761. The van der Waals surface area contributed by atoms with Crippen molar-refractivity contribution in [3.8, 4) is 0 Å². The van der Waals surface area contributed by atoms with E-state index in [1.54, 1.807) is 17.2 Å². The van der Waals surface area contributed by atoms with E-state index in [0.29, 0.717) is 0 Å². The van der Waals surface area contributed by atoms with Crippen LogP contribution in [0.3, 0.4) is 0 Å². The summed E-state index contributed by atoms with van der Waals surface area (Å²) in [6.07, 6.45) is 5.45. The molecule has 2 rings (SSSR count). The number of hydrogen-bond acceptors (Lipinski definition) is 2. The van der Waals surface area contributed by atoms with E-state index in [1.807, 2.05) is 30.3 Å². The number of carbonyl (C=O) groups excluding carboxylic acids is 1. The van der Waals surface area contributed by atoms with E-state index in [0.717, 1.165) is 11.1 Å². The average molecular weight is 214 g/mol. The molecule has 0 aliphatic carbocycles. The van der Waals surface area contributed by atoms with Crippen LogP contribution >= 0.6 is 0 Å². The van der Waals surface area contributed by atoms with Crippen LogP contribution in [-0.2, 0) is 4.79 Å². The first-order valence-corrected chi connectivity index (χ1v) is 5.19. The largest absolute Gasteiger partial charge is 0.322 e. The fourth-order valence-electron chi connectivity index (χ4n) is 1.92. The third-order valence-corrected chi connectivity index (χ3v) is 2.71. The van der Waals surface area contributed by atoms with Crippen molar-refractivity contribution < 1.29 is 4.79 Å². The van der Waals surface area contributed by atoms with Gasteiger partial charge in [0.2, 0.25) is 5.91 Å². The van der Waals surface area contributed by atoms with Crippen molar-refractivity contribution in [1.82, 2.24) is 4.90 Å². The number of nitrogens with zero attached hydrogens (tertiary/aromatic N) is 1. The summed E-state index contributed by atoms with van der Waals surface area (Å²) in [6, 6.07) is 7.84. The van der Waals surface area contributed by atoms with Crippen LogP contribution in [-0.4, -0.2) is 17.4 Å². The molecule has 0 fully saturated rings. The van der Waals surface area contributed by atoms with E-state index in [1.165, 1.54) is 0 Å². The van der Waals surface area contributed by atoms with Gasteiger partial charge in [-0.1, -0.05) is 30.3 Å². The molecule has 3 nitrogen and oxygen atoms in total. The van der Waals surface area contributed by atoms with Crippen molar-refractivity contribution in [2.24, 2.45) is 5.73 Å². The Kier molecular flexibility index (Phi) is 2.88. The zero-order valence-corrected chi connectivity index (χ0v) is 8.97. The molecule has 1 amide bonds. The fraction of sp³-hybridized carbons (Fsp3) is 0.154. The summed E-state index contributed by atoms with van der Waals surface area (Å²) in [5, 5.41) is 0. The minimum Gasteiger partial charge on any atom is -0.322 e. The predicted octanol–water partition coefficient (Wildman–Crippen LogP) is 1.69. The van der Waals surface area contributed by atoms with Gasteiger partial charge in [-0.05, 0) is 17.2 Å². The molecule has 0 aromatic heterocycles. The van der Waals surface area contributed by atoms with Gasteiger partial charge in [0.1, 0.15) is 0 Å². The maximum Gasteiger partial charge on any atom is 0.241 e. The van der Waals surface area contributed by atoms with Crippen LogP contribution in [0.15, 0.2) is 43.1 Å². The topological polar surface area (TPSA) is 46.3 Å². The van der Waals surface area contributed by atoms with Gasteiger partial charge in [-0.25, -0.2) is 0 Å². The second-order valence-corrected chi connectivity index (χ2v) is 3.63. The minimum absolute atomic E-state index is 0.0108. The van der Waals surface area contributed by atoms with Gasteiger partial charge in [0.15, 0.2) is 0 Å². The Morgan fingerprint density at radius 1 is 1.50 bits per heavy atom. The van der Waals surface area contributed by atoms with Crippen LogP contribution in [0.1, 0.15) is 17.2 Å². The molecular formula is C13H14N2O. The van der Waals surface area contributed by atoms with Crippen molar-refractivity contribution >= 4 is 12.0 Å². The second-order valence-electron chi connectivity index (χ2n) is 3.63. The van der Waals surface area contributed by atoms with Gasteiger partial charge in [0.05, 0.1) is 12.6 Å². The normalized spacial score (nSPS) is 18.1. The number of carbonyl (C=O) groups is 1. The number of benzene rings is 1. The lowest BCUT2D eigenvalue weighted by molar-refractivity contribution is -0.128. The summed E-state index contributed by atoms with van der Waals surface area (Å²) in [4.78, 5) is 13.3. The Labute approximate surface area is 94.9 Å². The molecule has 0 spiro atoms. The minimum atomic E-state index is -0.114. The number of fused-ring (bicyclic) bond motifs is 1. The lowest BCUT2D eigenvalue weighted by Crippen LogP contribution is -2.35. The molecule has 82 valence electrons. The molecule has 1 aliphatic rings. The lowest BCUT2D eigenvalue weighted by Gasteiger charge is -2.30. The van der Waals surface area contributed by atoms with Gasteiger partial charge < -0.3 is 10.6 Å². The van der Waals surface area contributed by atoms with E-state index in [-0.39, 0.29) is 18.5 Å². The molecule has 3 heteroatoms. The maximum absolute atomic E-state index is 11.6. The third-order valence-electron chi connectivity index (χ3n) is 2.71. The van der Waals surface area contributed by atoms with Crippen molar-refractivity contribution in [1.29, 1.82) is 0 Å². The highest BCUT2D eigenvalue weighted by Gasteiger charge is 2.24. The standard InChI is InChI=1S/C13H14N2O/c1-2-12-11-6-4-3-5-10(11)7-8-15(12)13(16)9-14/h2-8,12H,1,9,14H2. The van der Waals surface area contributed by atoms with Crippen LogP contribution in [0.5, 0.6) is 0 Å². The number of hydrogen-bond donors (Lipinski definition) is 1. The monoisotopic (exact) mass is 214 g/mol. The summed E-state index contributed by atoms with van der Waals surface area (Å²) in [5.74, 6) is -0.101. The molecule has 2 N–H and O–H groups in total. The van der Waals surface area contributed by atoms with Gasteiger partial charge >= 0.3 is 0 Å². The molecule has 0 bridgehead atoms. The molecule has 1 unspecified atom stereocenters. The van der Waals surface area contributed by atoms with E-state index in [4.69, 9.17) is 5.73 Å². The SMILES string of the molecule is C=CC1c2ccccc2C=CN1C(=O)CN. The molecule has 0 radical (unpaired) electrons. The summed E-state index contributed by atoms with van der Waals surface area (Å²) >= 11 is 0. The van der Waals surface area contributed by atoms with E-state index >= 15 is 0 Å². The lowest BCUT2D eigenvalue weighted by atomic mass is 9.96. The second kappa shape index (κ2) is 4.33. The smallest absolute Gasteiger partial charge is 0.241 e. The summed E-state index contributed by atoms with van der Waals surface area (Å²) in [7, 11) is 0. The first-order chi connectivity index (χ1) is 7.77. The Morgan fingerprint density at radius 2 is 2.25 bits per heavy atom. The maximum atomic E-state index is 11.6. The van der Waals surface area contributed by atoms with Gasteiger partial charge in [-0.3, -0.25) is 4.79 Å². The summed E-state index contributed by atoms with van der Waals surface area (Å²) in [6.45, 7) is 3.79. The van der Waals surface area contributed by atoms with Crippen LogP contribution in [0.2, 0.25) is 0 Å². The number of rotatable bonds is 2. The van der Waals surface area contributed by atoms with Crippen molar-refractivity contribution in [3.63, 3.8) is 0 Å². The first-order valence-electron chi connectivity index (χ1n) is 5.19. The Hall–Kier alpha value is -1.87. The fourth-order valence-corrected chi connectivity index (χ4v) is 1.92. The Balaban J connectivity index is 2.44. The van der Waals surface area contributed by atoms with E-state index in [9.17, 15) is 4.79 Å². The highest BCUT2D eigenvalue weighted by molar-refractivity contribution is 5.82. The van der Waals surface area contributed by atoms with Crippen molar-refractivity contribution in [2.75, 3.05) is 6.54 Å². The van der Waals surface area contributed by atoms with Crippen molar-refractivity contribution in [3.05, 3.63) is 54.2 Å². The highest BCUT2D eigenvalue weighted by atomic mass is 16.2. The van der Waals surface area contributed by atoms with Gasteiger partial charge in [-0.2, -0.15) is 0 Å². The van der Waals surface area contributed by atoms with Crippen LogP contribution in [0, 0.1) is 0 Å². The van der Waals surface area contributed by atoms with Crippen LogP contribution in [0.4, 0.5) is 0 Å². The molecule has 1 aromatic rings. The first kappa shape index (κ1) is 10.6. The molecule has 16 heavy (non-hydrogen) atoms. The van der Waals surface area contributed by atoms with Gasteiger partial charge in [0.25, 0.3) is 0 Å². The van der Waals surface area contributed by atoms with E-state index < -0.39 is 0 Å². The number of amides is 1.